The first-order valence-electron chi connectivity index (χ1n) is 7.30. The van der Waals surface area contributed by atoms with E-state index in [1.54, 1.807) is 43.2 Å². The largest absolute Gasteiger partial charge is 0.494 e. The van der Waals surface area contributed by atoms with Crippen LogP contribution in [0.4, 0.5) is 5.13 Å². The molecule has 0 aromatic carbocycles. The Morgan fingerprint density at radius 3 is 2.91 bits per heavy atom. The summed E-state index contributed by atoms with van der Waals surface area (Å²) < 4.78 is 12.0. The lowest BCUT2D eigenvalue weighted by atomic mass is 10.3. The number of hydrogen-bond acceptors (Lipinski definition) is 8. The van der Waals surface area contributed by atoms with Crippen molar-refractivity contribution in [3.05, 3.63) is 30.9 Å². The van der Waals surface area contributed by atoms with Crippen LogP contribution >= 0.6 is 11.3 Å². The van der Waals surface area contributed by atoms with Gasteiger partial charge in [0.25, 0.3) is 0 Å². The Labute approximate surface area is 136 Å². The average molecular weight is 329 g/mol. The molecule has 4 heterocycles. The Balaban J connectivity index is 1.43. The second kappa shape index (κ2) is 5.96. The molecule has 0 N–H and O–H groups in total. The number of rotatable bonds is 4. The fourth-order valence-corrected chi connectivity index (χ4v) is 3.49. The van der Waals surface area contributed by atoms with Gasteiger partial charge in [-0.2, -0.15) is 9.97 Å². The molecule has 0 amide bonds. The molecule has 4 rings (SSSR count). The zero-order chi connectivity index (χ0) is 15.6. The summed E-state index contributed by atoms with van der Waals surface area (Å²) in [6.07, 6.45) is 7.79. The van der Waals surface area contributed by atoms with Crippen LogP contribution in [-0.4, -0.2) is 46.2 Å². The van der Waals surface area contributed by atoms with Gasteiger partial charge in [0.2, 0.25) is 0 Å². The molecular weight excluding hydrogens is 314 g/mol. The first-order chi connectivity index (χ1) is 11.3. The second-order valence-corrected chi connectivity index (χ2v) is 6.23. The van der Waals surface area contributed by atoms with Gasteiger partial charge in [-0.15, -0.1) is 0 Å². The van der Waals surface area contributed by atoms with E-state index in [1.165, 1.54) is 0 Å². The first kappa shape index (κ1) is 14.1. The van der Waals surface area contributed by atoms with Crippen molar-refractivity contribution in [1.82, 2.24) is 19.9 Å². The predicted molar refractivity (Wildman–Crippen MR) is 87.2 cm³/mol. The van der Waals surface area contributed by atoms with Crippen LogP contribution in [0.1, 0.15) is 6.42 Å². The van der Waals surface area contributed by atoms with E-state index >= 15 is 0 Å². The summed E-state index contributed by atoms with van der Waals surface area (Å²) in [6.45, 7) is 1.69. The van der Waals surface area contributed by atoms with Gasteiger partial charge in [0.15, 0.2) is 10.9 Å². The summed E-state index contributed by atoms with van der Waals surface area (Å²) in [5.41, 5.74) is 0.940. The van der Waals surface area contributed by atoms with Gasteiger partial charge in [0.1, 0.15) is 11.6 Å². The molecule has 1 saturated heterocycles. The molecule has 0 bridgehead atoms. The molecule has 3 aromatic heterocycles. The molecule has 7 nitrogen and oxygen atoms in total. The fraction of sp³-hybridized carbons (Fsp3) is 0.333. The summed E-state index contributed by atoms with van der Waals surface area (Å²) in [7, 11) is 1.58. The number of ether oxygens (including phenoxy) is 2. The Hall–Kier alpha value is -2.48. The first-order valence-corrected chi connectivity index (χ1v) is 8.11. The molecule has 0 saturated carbocycles. The van der Waals surface area contributed by atoms with E-state index in [0.29, 0.717) is 11.8 Å². The number of nitrogens with zero attached hydrogens (tertiary/aromatic N) is 5. The third kappa shape index (κ3) is 2.89. The van der Waals surface area contributed by atoms with Crippen molar-refractivity contribution in [3.8, 4) is 11.8 Å². The van der Waals surface area contributed by atoms with Crippen LogP contribution in [0, 0.1) is 0 Å². The minimum absolute atomic E-state index is 0.0635. The summed E-state index contributed by atoms with van der Waals surface area (Å²) in [5, 5.41) is 1.01. The van der Waals surface area contributed by atoms with Crippen LogP contribution in [0.5, 0.6) is 11.8 Å². The van der Waals surface area contributed by atoms with E-state index < -0.39 is 0 Å². The zero-order valence-electron chi connectivity index (χ0n) is 12.5. The highest BCUT2D eigenvalue weighted by Gasteiger charge is 2.27. The molecule has 23 heavy (non-hydrogen) atoms. The van der Waals surface area contributed by atoms with Gasteiger partial charge in [-0.3, -0.25) is 4.98 Å². The van der Waals surface area contributed by atoms with E-state index in [2.05, 4.69) is 24.8 Å². The molecule has 0 spiro atoms. The summed E-state index contributed by atoms with van der Waals surface area (Å²) in [6, 6.07) is 2.37. The lowest BCUT2D eigenvalue weighted by Crippen LogP contribution is -2.24. The quantitative estimate of drug-likeness (QED) is 0.726. The molecule has 0 aliphatic carbocycles. The zero-order valence-corrected chi connectivity index (χ0v) is 13.4. The van der Waals surface area contributed by atoms with Crippen LogP contribution in [0.15, 0.2) is 30.9 Å². The lowest BCUT2D eigenvalue weighted by molar-refractivity contribution is 0.205. The van der Waals surface area contributed by atoms with Crippen LogP contribution in [0.2, 0.25) is 0 Å². The highest BCUT2D eigenvalue weighted by molar-refractivity contribution is 7.22. The van der Waals surface area contributed by atoms with Crippen molar-refractivity contribution < 1.29 is 9.47 Å². The van der Waals surface area contributed by atoms with Crippen LogP contribution in [0.3, 0.4) is 0 Å². The number of thiazole rings is 1. The van der Waals surface area contributed by atoms with Gasteiger partial charge in [-0.05, 0) is 6.07 Å². The monoisotopic (exact) mass is 329 g/mol. The van der Waals surface area contributed by atoms with Crippen molar-refractivity contribution in [3.63, 3.8) is 0 Å². The SMILES string of the molecule is COc1cnc(OC2CCN(c3nc4cnccc4s3)C2)nc1. The number of pyridine rings is 1. The highest BCUT2D eigenvalue weighted by Crippen LogP contribution is 2.30. The third-order valence-electron chi connectivity index (χ3n) is 3.71. The fourth-order valence-electron chi connectivity index (χ4n) is 2.52. The number of anilines is 1. The maximum atomic E-state index is 5.85. The lowest BCUT2D eigenvalue weighted by Gasteiger charge is -2.15. The molecule has 0 radical (unpaired) electrons. The minimum Gasteiger partial charge on any atom is -0.494 e. The van der Waals surface area contributed by atoms with E-state index in [4.69, 9.17) is 9.47 Å². The molecule has 118 valence electrons. The normalized spacial score (nSPS) is 17.6. The predicted octanol–water partition coefficient (Wildman–Crippen LogP) is 2.15. The number of fused-ring (bicyclic) bond motifs is 1. The molecular formula is C15H15N5O2S. The van der Waals surface area contributed by atoms with Crippen molar-refractivity contribution in [2.75, 3.05) is 25.1 Å². The number of aromatic nitrogens is 4. The maximum Gasteiger partial charge on any atom is 0.316 e. The Kier molecular flexibility index (Phi) is 3.66. The summed E-state index contributed by atoms with van der Waals surface area (Å²) >= 11 is 1.68. The number of methoxy groups -OCH3 is 1. The maximum absolute atomic E-state index is 5.85. The van der Waals surface area contributed by atoms with Gasteiger partial charge in [0, 0.05) is 19.2 Å². The van der Waals surface area contributed by atoms with Crippen LogP contribution in [0.25, 0.3) is 10.2 Å². The van der Waals surface area contributed by atoms with Crippen LogP contribution < -0.4 is 14.4 Å². The topological polar surface area (TPSA) is 73.3 Å². The summed E-state index contributed by atoms with van der Waals surface area (Å²) in [4.78, 5) is 19.3. The van der Waals surface area contributed by atoms with Gasteiger partial charge in [-0.25, -0.2) is 4.98 Å². The molecule has 1 fully saturated rings. The molecule has 1 aliphatic heterocycles. The summed E-state index contributed by atoms with van der Waals surface area (Å²) in [5.74, 6) is 0.619. The molecule has 1 atom stereocenters. The Morgan fingerprint density at radius 2 is 2.13 bits per heavy atom. The Bertz CT molecular complexity index is 774. The van der Waals surface area contributed by atoms with E-state index in [9.17, 15) is 0 Å². The molecule has 8 heteroatoms. The van der Waals surface area contributed by atoms with E-state index in [1.807, 2.05) is 6.07 Å². The third-order valence-corrected chi connectivity index (χ3v) is 4.80. The van der Waals surface area contributed by atoms with Gasteiger partial charge in [0.05, 0.1) is 36.9 Å². The van der Waals surface area contributed by atoms with Gasteiger partial charge in [-0.1, -0.05) is 11.3 Å². The smallest absolute Gasteiger partial charge is 0.316 e. The highest BCUT2D eigenvalue weighted by atomic mass is 32.1. The minimum atomic E-state index is 0.0635. The van der Waals surface area contributed by atoms with Crippen molar-refractivity contribution in [2.24, 2.45) is 0 Å². The van der Waals surface area contributed by atoms with Crippen LogP contribution in [-0.2, 0) is 0 Å². The van der Waals surface area contributed by atoms with Crippen molar-refractivity contribution >= 4 is 26.7 Å². The van der Waals surface area contributed by atoms with E-state index in [0.717, 1.165) is 34.9 Å². The Morgan fingerprint density at radius 1 is 1.26 bits per heavy atom. The van der Waals surface area contributed by atoms with Crippen molar-refractivity contribution in [2.45, 2.75) is 12.5 Å². The van der Waals surface area contributed by atoms with Gasteiger partial charge < -0.3 is 14.4 Å². The second-order valence-electron chi connectivity index (χ2n) is 5.22. The van der Waals surface area contributed by atoms with E-state index in [-0.39, 0.29) is 6.10 Å². The van der Waals surface area contributed by atoms with Gasteiger partial charge >= 0.3 is 6.01 Å². The number of hydrogen-bond donors (Lipinski definition) is 0. The molecule has 1 unspecified atom stereocenters. The molecule has 3 aromatic rings. The standard InChI is InChI=1S/C15H15N5O2S/c1-21-11-6-17-14(18-7-11)22-10-3-5-20(9-10)15-19-12-8-16-4-2-13(12)23-15/h2,4,6-8,10H,3,5,9H2,1H3. The molecule has 1 aliphatic rings. The van der Waals surface area contributed by atoms with Crippen molar-refractivity contribution in [1.29, 1.82) is 0 Å². The average Bonchev–Trinajstić information content (AvgIpc) is 3.21.